The zero-order valence-corrected chi connectivity index (χ0v) is 17.0. The van der Waals surface area contributed by atoms with Crippen LogP contribution in [0.3, 0.4) is 0 Å². The number of carbonyl (C=O) groups excluding carboxylic acids is 1. The van der Waals surface area contributed by atoms with E-state index in [4.69, 9.17) is 14.5 Å². The van der Waals surface area contributed by atoms with Crippen molar-refractivity contribution < 1.29 is 14.3 Å². The summed E-state index contributed by atoms with van der Waals surface area (Å²) in [6.45, 7) is 1.54. The van der Waals surface area contributed by atoms with Gasteiger partial charge in [-0.2, -0.15) is 0 Å². The Morgan fingerprint density at radius 1 is 1.14 bits per heavy atom. The summed E-state index contributed by atoms with van der Waals surface area (Å²) >= 11 is 1.78. The topological polar surface area (TPSA) is 51.7 Å². The van der Waals surface area contributed by atoms with Gasteiger partial charge in [0.15, 0.2) is 0 Å². The van der Waals surface area contributed by atoms with Crippen LogP contribution in [0.4, 0.5) is 0 Å². The minimum atomic E-state index is 0.134. The van der Waals surface area contributed by atoms with E-state index < -0.39 is 0 Å². The lowest BCUT2D eigenvalue weighted by Gasteiger charge is -2.31. The Hall–Kier alpha value is -2.60. The van der Waals surface area contributed by atoms with Gasteiger partial charge < -0.3 is 14.4 Å². The maximum absolute atomic E-state index is 12.8. The average Bonchev–Trinajstić information content (AvgIpc) is 3.18. The number of piperidine rings is 1. The van der Waals surface area contributed by atoms with Crippen molar-refractivity contribution in [1.82, 2.24) is 9.88 Å². The lowest BCUT2D eigenvalue weighted by Crippen LogP contribution is -2.38. The molecular formula is C22H24N2O3S. The second kappa shape index (κ2) is 8.19. The molecule has 5 nitrogen and oxygen atoms in total. The van der Waals surface area contributed by atoms with Crippen LogP contribution in [-0.2, 0) is 11.2 Å². The number of aromatic nitrogens is 1. The second-order valence-corrected chi connectivity index (χ2v) is 8.09. The summed E-state index contributed by atoms with van der Waals surface area (Å²) in [5, 5.41) is 1.20. The van der Waals surface area contributed by atoms with E-state index in [0.29, 0.717) is 12.3 Å². The number of hydrogen-bond donors (Lipinski definition) is 0. The number of fused-ring (bicyclic) bond motifs is 1. The van der Waals surface area contributed by atoms with Gasteiger partial charge >= 0.3 is 0 Å². The van der Waals surface area contributed by atoms with E-state index in [2.05, 4.69) is 18.2 Å². The summed E-state index contributed by atoms with van der Waals surface area (Å²) in [4.78, 5) is 19.6. The highest BCUT2D eigenvalue weighted by atomic mass is 32.1. The number of methoxy groups -OCH3 is 2. The number of para-hydroxylation sites is 1. The van der Waals surface area contributed by atoms with Gasteiger partial charge in [-0.1, -0.05) is 12.1 Å². The molecule has 28 heavy (non-hydrogen) atoms. The maximum Gasteiger partial charge on any atom is 0.227 e. The quantitative estimate of drug-likeness (QED) is 0.647. The smallest absolute Gasteiger partial charge is 0.227 e. The molecule has 0 N–H and O–H groups in total. The molecule has 1 aliphatic rings. The molecule has 1 amide bonds. The first kappa shape index (κ1) is 18.7. The molecule has 4 rings (SSSR count). The molecule has 0 saturated carbocycles. The van der Waals surface area contributed by atoms with Crippen LogP contribution in [0, 0.1) is 0 Å². The van der Waals surface area contributed by atoms with E-state index in [-0.39, 0.29) is 5.91 Å². The first-order valence-corrected chi connectivity index (χ1v) is 10.3. The van der Waals surface area contributed by atoms with Crippen molar-refractivity contribution >= 4 is 27.5 Å². The lowest BCUT2D eigenvalue weighted by atomic mass is 9.97. The van der Waals surface area contributed by atoms with Crippen LogP contribution in [0.15, 0.2) is 42.5 Å². The van der Waals surface area contributed by atoms with Gasteiger partial charge in [-0.15, -0.1) is 11.3 Å². The van der Waals surface area contributed by atoms with E-state index in [1.807, 2.05) is 29.2 Å². The molecule has 0 bridgehead atoms. The molecule has 6 heteroatoms. The number of carbonyl (C=O) groups is 1. The summed E-state index contributed by atoms with van der Waals surface area (Å²) in [5.74, 6) is 2.03. The summed E-state index contributed by atoms with van der Waals surface area (Å²) in [7, 11) is 3.25. The fraction of sp³-hybridized carbons (Fsp3) is 0.364. The van der Waals surface area contributed by atoms with Crippen LogP contribution < -0.4 is 9.47 Å². The van der Waals surface area contributed by atoms with E-state index in [1.54, 1.807) is 25.6 Å². The number of thiazole rings is 1. The van der Waals surface area contributed by atoms with Gasteiger partial charge in [-0.3, -0.25) is 4.79 Å². The van der Waals surface area contributed by atoms with E-state index in [0.717, 1.165) is 48.5 Å². The van der Waals surface area contributed by atoms with E-state index in [9.17, 15) is 4.79 Å². The summed E-state index contributed by atoms with van der Waals surface area (Å²) in [5.41, 5.74) is 1.94. The van der Waals surface area contributed by atoms with Gasteiger partial charge in [0.05, 0.1) is 35.9 Å². The molecule has 1 fully saturated rings. The van der Waals surface area contributed by atoms with Crippen LogP contribution in [0.1, 0.15) is 29.3 Å². The number of benzene rings is 2. The standard InChI is InChI=1S/C22H24N2O3S/c1-26-17-7-8-19(27-2)16(13-17)14-21(25)24-11-9-15(10-12-24)22-23-18-5-3-4-6-20(18)28-22/h3-8,13,15H,9-12,14H2,1-2H3. The number of nitrogens with zero attached hydrogens (tertiary/aromatic N) is 2. The minimum absolute atomic E-state index is 0.134. The third-order valence-corrected chi connectivity index (χ3v) is 6.54. The van der Waals surface area contributed by atoms with Gasteiger partial charge in [-0.25, -0.2) is 4.98 Å². The molecule has 2 aromatic carbocycles. The zero-order chi connectivity index (χ0) is 19.5. The van der Waals surface area contributed by atoms with Crippen LogP contribution in [0.5, 0.6) is 11.5 Å². The molecule has 146 valence electrons. The molecule has 0 spiro atoms. The normalized spacial score (nSPS) is 15.0. The highest BCUT2D eigenvalue weighted by molar-refractivity contribution is 7.18. The second-order valence-electron chi connectivity index (χ2n) is 7.03. The predicted octanol–water partition coefficient (Wildman–Crippen LogP) is 4.26. The van der Waals surface area contributed by atoms with Crippen LogP contribution in [0.2, 0.25) is 0 Å². The first-order chi connectivity index (χ1) is 13.7. The van der Waals surface area contributed by atoms with Crippen molar-refractivity contribution in [2.45, 2.75) is 25.2 Å². The van der Waals surface area contributed by atoms with Crippen LogP contribution >= 0.6 is 11.3 Å². The number of amides is 1. The number of hydrogen-bond acceptors (Lipinski definition) is 5. The van der Waals surface area contributed by atoms with Crippen molar-refractivity contribution in [2.24, 2.45) is 0 Å². The van der Waals surface area contributed by atoms with E-state index >= 15 is 0 Å². The fourth-order valence-corrected chi connectivity index (χ4v) is 4.87. The molecule has 1 aromatic heterocycles. The van der Waals surface area contributed by atoms with Crippen LogP contribution in [-0.4, -0.2) is 43.1 Å². The first-order valence-electron chi connectivity index (χ1n) is 9.52. The van der Waals surface area contributed by atoms with Crippen molar-refractivity contribution in [3.63, 3.8) is 0 Å². The molecule has 1 saturated heterocycles. The monoisotopic (exact) mass is 396 g/mol. The Morgan fingerprint density at radius 3 is 2.64 bits per heavy atom. The molecule has 2 heterocycles. The van der Waals surface area contributed by atoms with Crippen molar-refractivity contribution in [1.29, 1.82) is 0 Å². The minimum Gasteiger partial charge on any atom is -0.497 e. The summed E-state index contributed by atoms with van der Waals surface area (Å²) < 4.78 is 11.9. The van der Waals surface area contributed by atoms with Gasteiger partial charge in [-0.05, 0) is 43.2 Å². The van der Waals surface area contributed by atoms with Gasteiger partial charge in [0.1, 0.15) is 11.5 Å². The average molecular weight is 397 g/mol. The highest BCUT2D eigenvalue weighted by Crippen LogP contribution is 2.34. The largest absolute Gasteiger partial charge is 0.497 e. The maximum atomic E-state index is 12.8. The SMILES string of the molecule is COc1ccc(OC)c(CC(=O)N2CCC(c3nc4ccccc4s3)CC2)c1. The van der Waals surface area contributed by atoms with Gasteiger partial charge in [0.25, 0.3) is 0 Å². The number of rotatable bonds is 5. The van der Waals surface area contributed by atoms with Gasteiger partial charge in [0, 0.05) is 24.6 Å². The molecule has 0 radical (unpaired) electrons. The summed E-state index contributed by atoms with van der Waals surface area (Å²) in [6.07, 6.45) is 2.24. The highest BCUT2D eigenvalue weighted by Gasteiger charge is 2.26. The molecule has 0 atom stereocenters. The predicted molar refractivity (Wildman–Crippen MR) is 111 cm³/mol. The fourth-order valence-electron chi connectivity index (χ4n) is 3.74. The number of ether oxygens (including phenoxy) is 2. The Balaban J connectivity index is 1.40. The third kappa shape index (κ3) is 3.83. The number of likely N-dealkylation sites (tertiary alicyclic amines) is 1. The molecule has 0 unspecified atom stereocenters. The Bertz CT molecular complexity index is 944. The Kier molecular flexibility index (Phi) is 5.48. The Labute approximate surface area is 168 Å². The van der Waals surface area contributed by atoms with Crippen molar-refractivity contribution in [3.05, 3.63) is 53.0 Å². The van der Waals surface area contributed by atoms with Crippen molar-refractivity contribution in [2.75, 3.05) is 27.3 Å². The third-order valence-electron chi connectivity index (χ3n) is 5.34. The zero-order valence-electron chi connectivity index (χ0n) is 16.2. The Morgan fingerprint density at radius 2 is 1.93 bits per heavy atom. The summed E-state index contributed by atoms with van der Waals surface area (Å²) in [6, 6.07) is 13.8. The molecule has 0 aliphatic carbocycles. The van der Waals surface area contributed by atoms with Gasteiger partial charge in [0.2, 0.25) is 5.91 Å². The lowest BCUT2D eigenvalue weighted by molar-refractivity contribution is -0.131. The van der Waals surface area contributed by atoms with Crippen molar-refractivity contribution in [3.8, 4) is 11.5 Å². The van der Waals surface area contributed by atoms with E-state index in [1.165, 1.54) is 9.71 Å². The molecule has 3 aromatic rings. The van der Waals surface area contributed by atoms with Crippen LogP contribution in [0.25, 0.3) is 10.2 Å². The molecule has 1 aliphatic heterocycles. The molecular weight excluding hydrogens is 372 g/mol.